The molecule has 0 amide bonds. The van der Waals surface area contributed by atoms with E-state index in [0.717, 1.165) is 25.0 Å². The van der Waals surface area contributed by atoms with Crippen LogP contribution in [0, 0.1) is 0 Å². The number of carbonyl (C=O) groups is 1. The summed E-state index contributed by atoms with van der Waals surface area (Å²) >= 11 is 0. The van der Waals surface area contributed by atoms with Gasteiger partial charge in [-0.25, -0.2) is 4.79 Å². The highest BCUT2D eigenvalue weighted by Crippen LogP contribution is 2.41. The normalized spacial score (nSPS) is 20.3. The number of ether oxygens (including phenoxy) is 3. The molecular weight excluding hydrogens is 398 g/mol. The predicted molar refractivity (Wildman–Crippen MR) is 114 cm³/mol. The molecule has 8 nitrogen and oxygen atoms in total. The first-order valence-electron chi connectivity index (χ1n) is 10.6. The van der Waals surface area contributed by atoms with Crippen LogP contribution in [0.1, 0.15) is 48.9 Å². The SMILES string of the molecule is CCCc1cc2c(c(=O)n1CC1CCCO1)C(c1cccnc1)C(C(=O)OC)=C(N)O2. The number of aryl methyl sites for hydroxylation is 1. The predicted octanol–water partition coefficient (Wildman–Crippen LogP) is 2.24. The average Bonchev–Trinajstić information content (AvgIpc) is 3.29. The second kappa shape index (κ2) is 8.93. The second-order valence-corrected chi connectivity index (χ2v) is 7.81. The zero-order chi connectivity index (χ0) is 22.0. The molecular formula is C23H27N3O5. The van der Waals surface area contributed by atoms with Crippen molar-refractivity contribution in [3.05, 3.63) is 69.2 Å². The molecule has 0 radical (unpaired) electrons. The number of methoxy groups -OCH3 is 1. The van der Waals surface area contributed by atoms with Crippen LogP contribution in [0.25, 0.3) is 0 Å². The van der Waals surface area contributed by atoms with Crippen molar-refractivity contribution in [2.45, 2.75) is 51.2 Å². The fourth-order valence-corrected chi connectivity index (χ4v) is 4.36. The van der Waals surface area contributed by atoms with Gasteiger partial charge in [0.2, 0.25) is 5.88 Å². The van der Waals surface area contributed by atoms with Gasteiger partial charge in [-0.05, 0) is 30.9 Å². The van der Waals surface area contributed by atoms with Gasteiger partial charge in [0, 0.05) is 30.8 Å². The van der Waals surface area contributed by atoms with Gasteiger partial charge in [-0.2, -0.15) is 0 Å². The third kappa shape index (κ3) is 3.95. The lowest BCUT2D eigenvalue weighted by Gasteiger charge is -2.29. The van der Waals surface area contributed by atoms with E-state index in [0.29, 0.717) is 36.4 Å². The molecule has 1 fully saturated rings. The minimum absolute atomic E-state index is 0.00611. The molecule has 4 rings (SSSR count). The maximum absolute atomic E-state index is 13.8. The van der Waals surface area contributed by atoms with Crippen LogP contribution in [0.5, 0.6) is 5.75 Å². The van der Waals surface area contributed by atoms with Gasteiger partial charge in [0.05, 0.1) is 31.2 Å². The minimum atomic E-state index is -0.733. The molecule has 0 saturated carbocycles. The number of esters is 1. The second-order valence-electron chi connectivity index (χ2n) is 7.81. The number of rotatable bonds is 6. The zero-order valence-corrected chi connectivity index (χ0v) is 17.8. The Morgan fingerprint density at radius 3 is 2.90 bits per heavy atom. The molecule has 164 valence electrons. The van der Waals surface area contributed by atoms with Crippen molar-refractivity contribution in [3.8, 4) is 5.75 Å². The number of nitrogens with two attached hydrogens (primary N) is 1. The summed E-state index contributed by atoms with van der Waals surface area (Å²) in [5.74, 6) is -1.06. The van der Waals surface area contributed by atoms with Gasteiger partial charge in [-0.3, -0.25) is 9.78 Å². The Kier molecular flexibility index (Phi) is 6.08. The van der Waals surface area contributed by atoms with Gasteiger partial charge in [0.25, 0.3) is 5.56 Å². The van der Waals surface area contributed by atoms with Gasteiger partial charge in [-0.15, -0.1) is 0 Å². The van der Waals surface area contributed by atoms with Crippen molar-refractivity contribution in [1.82, 2.24) is 9.55 Å². The van der Waals surface area contributed by atoms with Crippen LogP contribution in [-0.4, -0.2) is 35.3 Å². The first kappa shape index (κ1) is 21.1. The van der Waals surface area contributed by atoms with Gasteiger partial charge >= 0.3 is 5.97 Å². The Bertz CT molecular complexity index is 1050. The van der Waals surface area contributed by atoms with Gasteiger partial charge in [0.1, 0.15) is 11.3 Å². The third-order valence-electron chi connectivity index (χ3n) is 5.79. The van der Waals surface area contributed by atoms with Gasteiger partial charge in [-0.1, -0.05) is 19.4 Å². The summed E-state index contributed by atoms with van der Waals surface area (Å²) in [7, 11) is 1.28. The maximum atomic E-state index is 13.8. The molecule has 0 spiro atoms. The van der Waals surface area contributed by atoms with E-state index in [1.54, 1.807) is 23.0 Å². The van der Waals surface area contributed by atoms with Crippen LogP contribution in [0.15, 0.2) is 46.8 Å². The molecule has 2 aliphatic heterocycles. The lowest BCUT2D eigenvalue weighted by molar-refractivity contribution is -0.136. The van der Waals surface area contributed by atoms with Crippen molar-refractivity contribution in [2.24, 2.45) is 5.73 Å². The van der Waals surface area contributed by atoms with Crippen LogP contribution in [0.4, 0.5) is 0 Å². The molecule has 2 N–H and O–H groups in total. The number of carbonyl (C=O) groups excluding carboxylic acids is 1. The lowest BCUT2D eigenvalue weighted by Crippen LogP contribution is -2.37. The summed E-state index contributed by atoms with van der Waals surface area (Å²) in [6.07, 6.45) is 6.74. The largest absolute Gasteiger partial charge is 0.465 e. The number of fused-ring (bicyclic) bond motifs is 1. The number of hydrogen-bond acceptors (Lipinski definition) is 7. The van der Waals surface area contributed by atoms with Crippen LogP contribution >= 0.6 is 0 Å². The molecule has 2 aliphatic rings. The maximum Gasteiger partial charge on any atom is 0.340 e. The van der Waals surface area contributed by atoms with E-state index in [1.165, 1.54) is 7.11 Å². The van der Waals surface area contributed by atoms with Crippen LogP contribution < -0.4 is 16.0 Å². The molecule has 2 aromatic rings. The summed E-state index contributed by atoms with van der Waals surface area (Å²) < 4.78 is 18.3. The van der Waals surface area contributed by atoms with E-state index < -0.39 is 11.9 Å². The minimum Gasteiger partial charge on any atom is -0.465 e. The smallest absolute Gasteiger partial charge is 0.340 e. The highest BCUT2D eigenvalue weighted by molar-refractivity contribution is 5.92. The lowest BCUT2D eigenvalue weighted by atomic mass is 9.84. The third-order valence-corrected chi connectivity index (χ3v) is 5.79. The quantitative estimate of drug-likeness (QED) is 0.708. The monoisotopic (exact) mass is 425 g/mol. The molecule has 8 heteroatoms. The van der Waals surface area contributed by atoms with Crippen molar-refractivity contribution >= 4 is 5.97 Å². The van der Waals surface area contributed by atoms with Crippen LogP contribution in [-0.2, 0) is 27.2 Å². The summed E-state index contributed by atoms with van der Waals surface area (Å²) in [5, 5.41) is 0. The van der Waals surface area contributed by atoms with E-state index in [1.807, 2.05) is 12.1 Å². The number of hydrogen-bond donors (Lipinski definition) is 1. The Balaban J connectivity index is 1.92. The fraction of sp³-hybridized carbons (Fsp3) is 0.435. The van der Waals surface area contributed by atoms with Crippen molar-refractivity contribution in [1.29, 1.82) is 0 Å². The zero-order valence-electron chi connectivity index (χ0n) is 17.8. The van der Waals surface area contributed by atoms with E-state index in [2.05, 4.69) is 11.9 Å². The molecule has 2 unspecified atom stereocenters. The molecule has 0 aromatic carbocycles. The Morgan fingerprint density at radius 2 is 2.26 bits per heavy atom. The Hall–Kier alpha value is -3.13. The van der Waals surface area contributed by atoms with E-state index in [4.69, 9.17) is 19.9 Å². The summed E-state index contributed by atoms with van der Waals surface area (Å²) in [6.45, 7) is 3.23. The summed E-state index contributed by atoms with van der Waals surface area (Å²) in [5.41, 5.74) is 7.93. The first-order valence-corrected chi connectivity index (χ1v) is 10.6. The molecule has 31 heavy (non-hydrogen) atoms. The van der Waals surface area contributed by atoms with E-state index in [9.17, 15) is 9.59 Å². The number of aromatic nitrogens is 2. The topological polar surface area (TPSA) is 106 Å². The van der Waals surface area contributed by atoms with Gasteiger partial charge < -0.3 is 24.5 Å². The summed E-state index contributed by atoms with van der Waals surface area (Å²) in [6, 6.07) is 5.43. The first-order chi connectivity index (χ1) is 15.0. The molecule has 0 bridgehead atoms. The Morgan fingerprint density at radius 1 is 1.42 bits per heavy atom. The number of nitrogens with zero attached hydrogens (tertiary/aromatic N) is 2. The van der Waals surface area contributed by atoms with E-state index in [-0.39, 0.29) is 23.1 Å². The molecule has 4 heterocycles. The highest BCUT2D eigenvalue weighted by Gasteiger charge is 2.38. The van der Waals surface area contributed by atoms with Crippen LogP contribution in [0.3, 0.4) is 0 Å². The van der Waals surface area contributed by atoms with E-state index >= 15 is 0 Å². The standard InChI is InChI=1S/C23H27N3O5/c1-3-6-15-11-17-19(22(27)26(15)13-16-8-5-10-30-16)18(14-7-4-9-25-12-14)20(21(24)31-17)23(28)29-2/h4,7,9,11-12,16,18H,3,5-6,8,10,13,24H2,1-2H3. The fourth-order valence-electron chi connectivity index (χ4n) is 4.36. The molecule has 2 atom stereocenters. The average molecular weight is 425 g/mol. The highest BCUT2D eigenvalue weighted by atomic mass is 16.5. The molecule has 2 aromatic heterocycles. The number of pyridine rings is 2. The summed E-state index contributed by atoms with van der Waals surface area (Å²) in [4.78, 5) is 30.6. The van der Waals surface area contributed by atoms with Crippen molar-refractivity contribution in [3.63, 3.8) is 0 Å². The van der Waals surface area contributed by atoms with Crippen molar-refractivity contribution < 1.29 is 19.0 Å². The molecule has 1 saturated heterocycles. The van der Waals surface area contributed by atoms with Crippen molar-refractivity contribution in [2.75, 3.05) is 13.7 Å². The van der Waals surface area contributed by atoms with Crippen LogP contribution in [0.2, 0.25) is 0 Å². The Labute approximate surface area is 180 Å². The molecule has 0 aliphatic carbocycles. The van der Waals surface area contributed by atoms with Gasteiger partial charge in [0.15, 0.2) is 0 Å².